The maximum absolute atomic E-state index is 12.8. The maximum Gasteiger partial charge on any atom is 0.297 e. The van der Waals surface area contributed by atoms with Crippen molar-refractivity contribution >= 4 is 22.5 Å². The van der Waals surface area contributed by atoms with Crippen molar-refractivity contribution in [3.63, 3.8) is 0 Å². The Hall–Kier alpha value is -2.98. The first kappa shape index (κ1) is 14.6. The smallest absolute Gasteiger partial charge is 0.265 e. The van der Waals surface area contributed by atoms with Gasteiger partial charge in [-0.25, -0.2) is 0 Å². The normalized spacial score (nSPS) is 10.9. The molecule has 2 aromatic heterocycles. The highest BCUT2D eigenvalue weighted by Gasteiger charge is 2.14. The predicted octanol–water partition coefficient (Wildman–Crippen LogP) is 4.10. The fourth-order valence-corrected chi connectivity index (χ4v) is 2.85. The Bertz CT molecular complexity index is 1090. The molecule has 4 aromatic rings. The van der Waals surface area contributed by atoms with Crippen molar-refractivity contribution in [1.82, 2.24) is 14.8 Å². The lowest BCUT2D eigenvalue weighted by Crippen LogP contribution is -2.22. The van der Waals surface area contributed by atoms with Crippen LogP contribution in [0.15, 0.2) is 77.7 Å². The van der Waals surface area contributed by atoms with E-state index >= 15 is 0 Å². The summed E-state index contributed by atoms with van der Waals surface area (Å²) in [5.41, 5.74) is 2.33. The van der Waals surface area contributed by atoms with Gasteiger partial charge in [0.05, 0.1) is 5.69 Å². The van der Waals surface area contributed by atoms with Crippen molar-refractivity contribution in [3.05, 3.63) is 88.3 Å². The van der Waals surface area contributed by atoms with Gasteiger partial charge < -0.3 is 0 Å². The number of aromatic nitrogens is 3. The fourth-order valence-electron chi connectivity index (χ4n) is 2.66. The summed E-state index contributed by atoms with van der Waals surface area (Å²) in [6, 6.07) is 20.4. The number of para-hydroxylation sites is 1. The summed E-state index contributed by atoms with van der Waals surface area (Å²) in [6.45, 7) is 0. The number of pyridine rings is 1. The molecule has 116 valence electrons. The third-order valence-electron chi connectivity index (χ3n) is 3.76. The van der Waals surface area contributed by atoms with Crippen LogP contribution in [-0.2, 0) is 0 Å². The molecule has 0 radical (unpaired) electrons. The average Bonchev–Trinajstić information content (AvgIpc) is 2.63. The molecule has 0 fully saturated rings. The van der Waals surface area contributed by atoms with Gasteiger partial charge in [-0.2, -0.15) is 9.78 Å². The molecule has 0 saturated heterocycles. The van der Waals surface area contributed by atoms with Gasteiger partial charge in [-0.05, 0) is 36.4 Å². The van der Waals surface area contributed by atoms with E-state index in [1.807, 2.05) is 54.6 Å². The maximum atomic E-state index is 12.8. The number of rotatable bonds is 2. The number of hydrogen-bond acceptors (Lipinski definition) is 3. The SMILES string of the molecule is O=c1c2ncccc2c(-c2cccc(Cl)c2)nn1-c1ccccc1. The van der Waals surface area contributed by atoms with Gasteiger partial charge >= 0.3 is 0 Å². The highest BCUT2D eigenvalue weighted by atomic mass is 35.5. The van der Waals surface area contributed by atoms with Gasteiger partial charge in [-0.3, -0.25) is 9.78 Å². The molecule has 0 bridgehead atoms. The number of benzene rings is 2. The zero-order valence-corrected chi connectivity index (χ0v) is 13.3. The molecular weight excluding hydrogens is 322 g/mol. The van der Waals surface area contributed by atoms with E-state index in [0.717, 1.165) is 5.56 Å². The third-order valence-corrected chi connectivity index (χ3v) is 3.99. The van der Waals surface area contributed by atoms with Crippen molar-refractivity contribution in [3.8, 4) is 16.9 Å². The van der Waals surface area contributed by atoms with E-state index in [4.69, 9.17) is 11.6 Å². The van der Waals surface area contributed by atoms with E-state index in [0.29, 0.717) is 27.3 Å². The Morgan fingerprint density at radius 1 is 0.917 bits per heavy atom. The standard InChI is InChI=1S/C19H12ClN3O/c20-14-7-4-6-13(12-14)17-16-10-5-11-21-18(16)19(24)23(22-17)15-8-2-1-3-9-15/h1-12H. The second kappa shape index (κ2) is 5.91. The number of halogens is 1. The molecule has 4 nitrogen and oxygen atoms in total. The van der Waals surface area contributed by atoms with Crippen LogP contribution in [0, 0.1) is 0 Å². The molecule has 0 aliphatic rings. The van der Waals surface area contributed by atoms with Crippen LogP contribution in [0.2, 0.25) is 5.02 Å². The van der Waals surface area contributed by atoms with Gasteiger partial charge in [0.15, 0.2) is 0 Å². The molecule has 24 heavy (non-hydrogen) atoms. The van der Waals surface area contributed by atoms with E-state index in [1.54, 1.807) is 18.3 Å². The summed E-state index contributed by atoms with van der Waals surface area (Å²) in [7, 11) is 0. The first-order chi connectivity index (χ1) is 11.7. The van der Waals surface area contributed by atoms with E-state index in [-0.39, 0.29) is 5.56 Å². The summed E-state index contributed by atoms with van der Waals surface area (Å²) in [6.07, 6.45) is 1.61. The van der Waals surface area contributed by atoms with Gasteiger partial charge in [0.25, 0.3) is 5.56 Å². The van der Waals surface area contributed by atoms with E-state index in [9.17, 15) is 4.79 Å². The molecule has 0 spiro atoms. The van der Waals surface area contributed by atoms with Crippen LogP contribution in [0.5, 0.6) is 0 Å². The summed E-state index contributed by atoms with van der Waals surface area (Å²) in [5.74, 6) is 0. The van der Waals surface area contributed by atoms with Crippen LogP contribution >= 0.6 is 11.6 Å². The Kier molecular flexibility index (Phi) is 3.59. The topological polar surface area (TPSA) is 47.8 Å². The molecule has 4 rings (SSSR count). The second-order valence-electron chi connectivity index (χ2n) is 5.31. The summed E-state index contributed by atoms with van der Waals surface area (Å²) < 4.78 is 1.38. The molecule has 0 atom stereocenters. The zero-order chi connectivity index (χ0) is 16.5. The molecule has 0 unspecified atom stereocenters. The number of hydrogen-bond donors (Lipinski definition) is 0. The molecule has 0 aliphatic carbocycles. The zero-order valence-electron chi connectivity index (χ0n) is 12.6. The van der Waals surface area contributed by atoms with Gasteiger partial charge in [0.2, 0.25) is 0 Å². The predicted molar refractivity (Wildman–Crippen MR) is 95.6 cm³/mol. The van der Waals surface area contributed by atoms with Gasteiger partial charge in [0.1, 0.15) is 11.2 Å². The minimum Gasteiger partial charge on any atom is -0.265 e. The molecule has 0 amide bonds. The highest BCUT2D eigenvalue weighted by molar-refractivity contribution is 6.30. The van der Waals surface area contributed by atoms with Crippen LogP contribution in [0.25, 0.3) is 27.8 Å². The first-order valence-corrected chi connectivity index (χ1v) is 7.81. The second-order valence-corrected chi connectivity index (χ2v) is 5.75. The van der Waals surface area contributed by atoms with Crippen LogP contribution in [0.1, 0.15) is 0 Å². The lowest BCUT2D eigenvalue weighted by Gasteiger charge is -2.11. The average molecular weight is 334 g/mol. The van der Waals surface area contributed by atoms with Crippen LogP contribution < -0.4 is 5.56 Å². The quantitative estimate of drug-likeness (QED) is 0.555. The molecule has 0 aliphatic heterocycles. The van der Waals surface area contributed by atoms with E-state index < -0.39 is 0 Å². The molecule has 5 heteroatoms. The van der Waals surface area contributed by atoms with Gasteiger partial charge in [-0.1, -0.05) is 41.9 Å². The van der Waals surface area contributed by atoms with Gasteiger partial charge in [0, 0.05) is 22.2 Å². The Morgan fingerprint density at radius 2 is 1.75 bits per heavy atom. The monoisotopic (exact) mass is 333 g/mol. The fraction of sp³-hybridized carbons (Fsp3) is 0. The Balaban J connectivity index is 2.10. The highest BCUT2D eigenvalue weighted by Crippen LogP contribution is 2.26. The van der Waals surface area contributed by atoms with Crippen LogP contribution in [0.3, 0.4) is 0 Å². The Labute approximate surface area is 143 Å². The molecule has 2 heterocycles. The van der Waals surface area contributed by atoms with Crippen LogP contribution in [0.4, 0.5) is 0 Å². The van der Waals surface area contributed by atoms with Crippen molar-refractivity contribution in [2.45, 2.75) is 0 Å². The lowest BCUT2D eigenvalue weighted by molar-refractivity contribution is 0.823. The minimum absolute atomic E-state index is 0.248. The van der Waals surface area contributed by atoms with E-state index in [2.05, 4.69) is 10.1 Å². The summed E-state index contributed by atoms with van der Waals surface area (Å²) in [4.78, 5) is 17.1. The largest absolute Gasteiger partial charge is 0.297 e. The van der Waals surface area contributed by atoms with Crippen molar-refractivity contribution in [2.24, 2.45) is 0 Å². The summed E-state index contributed by atoms with van der Waals surface area (Å²) >= 11 is 6.12. The van der Waals surface area contributed by atoms with Crippen molar-refractivity contribution < 1.29 is 0 Å². The van der Waals surface area contributed by atoms with Crippen LogP contribution in [-0.4, -0.2) is 14.8 Å². The third kappa shape index (κ3) is 2.47. The number of nitrogens with zero attached hydrogens (tertiary/aromatic N) is 3. The van der Waals surface area contributed by atoms with E-state index in [1.165, 1.54) is 4.68 Å². The molecule has 0 N–H and O–H groups in total. The minimum atomic E-state index is -0.248. The van der Waals surface area contributed by atoms with Gasteiger partial charge in [-0.15, -0.1) is 0 Å². The van der Waals surface area contributed by atoms with Crippen molar-refractivity contribution in [2.75, 3.05) is 0 Å². The lowest BCUT2D eigenvalue weighted by atomic mass is 10.1. The molecular formula is C19H12ClN3O. The van der Waals surface area contributed by atoms with Crippen molar-refractivity contribution in [1.29, 1.82) is 0 Å². The molecule has 0 saturated carbocycles. The molecule has 2 aromatic carbocycles. The first-order valence-electron chi connectivity index (χ1n) is 7.43. The number of fused-ring (bicyclic) bond motifs is 1. The Morgan fingerprint density at radius 3 is 2.54 bits per heavy atom. The summed E-state index contributed by atoms with van der Waals surface area (Å²) in [5, 5.41) is 5.91.